The van der Waals surface area contributed by atoms with E-state index in [4.69, 9.17) is 11.0 Å². The highest BCUT2D eigenvalue weighted by molar-refractivity contribution is 9.10. The summed E-state index contributed by atoms with van der Waals surface area (Å²) in [4.78, 5) is 12.1. The number of carbonyl (C=O) groups excluding carboxylic acids is 1. The summed E-state index contributed by atoms with van der Waals surface area (Å²) in [5.74, 6) is -0.392. The maximum Gasteiger partial charge on any atom is 0.246 e. The number of hydrogen-bond acceptors (Lipinski definition) is 4. The number of benzene rings is 1. The minimum atomic E-state index is -0.834. The largest absolute Gasteiger partial charge is 0.323 e. The van der Waals surface area contributed by atoms with Gasteiger partial charge in [-0.2, -0.15) is 10.4 Å². The van der Waals surface area contributed by atoms with Gasteiger partial charge in [0.2, 0.25) is 5.91 Å². The molecule has 1 atom stereocenters. The number of nitrogens with zero attached hydrogens (tertiary/aromatic N) is 3. The normalized spacial score (nSPS) is 11.7. The van der Waals surface area contributed by atoms with E-state index in [2.05, 4.69) is 26.3 Å². The second-order valence-electron chi connectivity index (χ2n) is 4.22. The van der Waals surface area contributed by atoms with Crippen LogP contribution in [-0.2, 0) is 11.8 Å². The molecule has 0 spiro atoms. The molecule has 0 saturated carbocycles. The number of halogens is 1. The van der Waals surface area contributed by atoms with Crippen LogP contribution in [0, 0.1) is 11.3 Å². The zero-order chi connectivity index (χ0) is 14.7. The molecule has 0 aliphatic rings. The smallest absolute Gasteiger partial charge is 0.246 e. The van der Waals surface area contributed by atoms with Crippen molar-refractivity contribution >= 4 is 27.5 Å². The van der Waals surface area contributed by atoms with Crippen LogP contribution in [0.2, 0.25) is 0 Å². The minimum absolute atomic E-state index is 0.367. The summed E-state index contributed by atoms with van der Waals surface area (Å²) < 4.78 is 2.34. The quantitative estimate of drug-likeness (QED) is 0.893. The van der Waals surface area contributed by atoms with Crippen molar-refractivity contribution in [2.45, 2.75) is 6.04 Å². The molecule has 1 heterocycles. The molecule has 0 radical (unpaired) electrons. The van der Waals surface area contributed by atoms with Crippen LogP contribution in [0.3, 0.4) is 0 Å². The molecule has 1 amide bonds. The van der Waals surface area contributed by atoms with Gasteiger partial charge in [0.25, 0.3) is 0 Å². The van der Waals surface area contributed by atoms with Gasteiger partial charge in [-0.1, -0.05) is 15.9 Å². The molecule has 0 bridgehead atoms. The average Bonchev–Trinajstić information content (AvgIpc) is 2.86. The van der Waals surface area contributed by atoms with Gasteiger partial charge in [-0.25, -0.2) is 0 Å². The third-order valence-electron chi connectivity index (χ3n) is 2.73. The van der Waals surface area contributed by atoms with Gasteiger partial charge in [0.15, 0.2) is 0 Å². The van der Waals surface area contributed by atoms with Gasteiger partial charge in [0.05, 0.1) is 17.4 Å². The molecule has 102 valence electrons. The van der Waals surface area contributed by atoms with Crippen LogP contribution < -0.4 is 11.1 Å². The molecule has 1 aromatic carbocycles. The zero-order valence-electron chi connectivity index (χ0n) is 10.7. The van der Waals surface area contributed by atoms with Gasteiger partial charge in [0.1, 0.15) is 12.1 Å². The van der Waals surface area contributed by atoms with Crippen LogP contribution in [0.25, 0.3) is 0 Å². The highest BCUT2D eigenvalue weighted by atomic mass is 79.9. The molecule has 0 fully saturated rings. The van der Waals surface area contributed by atoms with Gasteiger partial charge in [-0.3, -0.25) is 9.48 Å². The fourth-order valence-electron chi connectivity index (χ4n) is 1.68. The van der Waals surface area contributed by atoms with Crippen molar-refractivity contribution in [2.75, 3.05) is 5.32 Å². The molecule has 2 rings (SSSR count). The van der Waals surface area contributed by atoms with Crippen molar-refractivity contribution in [3.63, 3.8) is 0 Å². The number of rotatable bonds is 3. The van der Waals surface area contributed by atoms with Crippen LogP contribution in [0.15, 0.2) is 35.1 Å². The van der Waals surface area contributed by atoms with E-state index < -0.39 is 11.9 Å². The summed E-state index contributed by atoms with van der Waals surface area (Å²) in [5, 5.41) is 15.7. The number of aromatic nitrogens is 2. The second kappa shape index (κ2) is 5.86. The molecule has 1 unspecified atom stereocenters. The molecule has 0 saturated heterocycles. The van der Waals surface area contributed by atoms with E-state index in [0.717, 1.165) is 4.47 Å². The maximum absolute atomic E-state index is 12.1. The summed E-state index contributed by atoms with van der Waals surface area (Å²) >= 11 is 3.27. The molecule has 3 N–H and O–H groups in total. The predicted molar refractivity (Wildman–Crippen MR) is 77.6 cm³/mol. The summed E-state index contributed by atoms with van der Waals surface area (Å²) in [5.41, 5.74) is 7.27. The summed E-state index contributed by atoms with van der Waals surface area (Å²) in [6, 6.07) is 6.21. The number of hydrogen-bond donors (Lipinski definition) is 2. The predicted octanol–water partition coefficient (Wildman–Crippen LogP) is 1.69. The van der Waals surface area contributed by atoms with Crippen molar-refractivity contribution in [3.8, 4) is 6.07 Å². The molecule has 1 aromatic heterocycles. The van der Waals surface area contributed by atoms with Gasteiger partial charge in [-0.15, -0.1) is 0 Å². The van der Waals surface area contributed by atoms with Crippen molar-refractivity contribution in [2.24, 2.45) is 12.8 Å². The highest BCUT2D eigenvalue weighted by Crippen LogP contribution is 2.21. The van der Waals surface area contributed by atoms with Gasteiger partial charge < -0.3 is 11.1 Å². The molecule has 7 heteroatoms. The third kappa shape index (κ3) is 3.04. The van der Waals surface area contributed by atoms with E-state index in [-0.39, 0.29) is 0 Å². The Hall–Kier alpha value is -2.17. The van der Waals surface area contributed by atoms with E-state index in [9.17, 15) is 4.79 Å². The first-order valence-electron chi connectivity index (χ1n) is 5.76. The Morgan fingerprint density at radius 1 is 1.60 bits per heavy atom. The van der Waals surface area contributed by atoms with Crippen molar-refractivity contribution in [1.82, 2.24) is 9.78 Å². The average molecular weight is 334 g/mol. The fourth-order valence-corrected chi connectivity index (χ4v) is 2.04. The maximum atomic E-state index is 12.1. The van der Waals surface area contributed by atoms with Gasteiger partial charge >= 0.3 is 0 Å². The SMILES string of the molecule is Cn1cc(C(N)C(=O)Nc2ccc(Br)cc2C#N)cn1. The van der Waals surface area contributed by atoms with Crippen LogP contribution in [0.5, 0.6) is 0 Å². The van der Waals surface area contributed by atoms with E-state index >= 15 is 0 Å². The number of amides is 1. The van der Waals surface area contributed by atoms with E-state index in [0.29, 0.717) is 16.8 Å². The topological polar surface area (TPSA) is 96.7 Å². The summed E-state index contributed by atoms with van der Waals surface area (Å²) in [6.07, 6.45) is 3.22. The molecule has 0 aliphatic carbocycles. The lowest BCUT2D eigenvalue weighted by molar-refractivity contribution is -0.117. The van der Waals surface area contributed by atoms with Crippen LogP contribution >= 0.6 is 15.9 Å². The summed E-state index contributed by atoms with van der Waals surface area (Å²) in [6.45, 7) is 0. The molecule has 20 heavy (non-hydrogen) atoms. The Morgan fingerprint density at radius 3 is 2.95 bits per heavy atom. The van der Waals surface area contributed by atoms with Crippen molar-refractivity contribution < 1.29 is 4.79 Å². The van der Waals surface area contributed by atoms with Gasteiger partial charge in [-0.05, 0) is 18.2 Å². The van der Waals surface area contributed by atoms with Gasteiger partial charge in [0, 0.05) is 23.3 Å². The zero-order valence-corrected chi connectivity index (χ0v) is 12.3. The monoisotopic (exact) mass is 333 g/mol. The van der Waals surface area contributed by atoms with Crippen molar-refractivity contribution in [1.29, 1.82) is 5.26 Å². The number of aryl methyl sites for hydroxylation is 1. The van der Waals surface area contributed by atoms with Crippen LogP contribution in [-0.4, -0.2) is 15.7 Å². The first kappa shape index (κ1) is 14.2. The number of carbonyl (C=O) groups is 1. The van der Waals surface area contributed by atoms with E-state index in [1.54, 1.807) is 36.1 Å². The molecular weight excluding hydrogens is 322 g/mol. The summed E-state index contributed by atoms with van der Waals surface area (Å²) in [7, 11) is 1.75. The number of nitrogens with two attached hydrogens (primary N) is 1. The highest BCUT2D eigenvalue weighted by Gasteiger charge is 2.18. The molecule has 0 aliphatic heterocycles. The van der Waals surface area contributed by atoms with E-state index in [1.165, 1.54) is 6.20 Å². The minimum Gasteiger partial charge on any atom is -0.323 e. The Balaban J connectivity index is 2.18. The number of nitriles is 1. The molecule has 2 aromatic rings. The second-order valence-corrected chi connectivity index (χ2v) is 5.13. The lowest BCUT2D eigenvalue weighted by atomic mass is 10.1. The fraction of sp³-hybridized carbons (Fsp3) is 0.154. The first-order valence-corrected chi connectivity index (χ1v) is 6.55. The number of nitrogens with one attached hydrogen (secondary N) is 1. The Morgan fingerprint density at radius 2 is 2.35 bits per heavy atom. The molecular formula is C13H12BrN5O. The standard InChI is InChI=1S/C13H12BrN5O/c1-19-7-9(6-17-19)12(16)13(20)18-11-3-2-10(14)4-8(11)5-15/h2-4,6-7,12H,16H2,1H3,(H,18,20). The van der Waals surface area contributed by atoms with E-state index in [1.807, 2.05) is 6.07 Å². The lowest BCUT2D eigenvalue weighted by Gasteiger charge is -2.11. The number of anilines is 1. The van der Waals surface area contributed by atoms with Crippen molar-refractivity contribution in [3.05, 3.63) is 46.2 Å². The Bertz CT molecular complexity index is 688. The Labute approximate surface area is 124 Å². The Kier molecular flexibility index (Phi) is 4.17. The molecule has 6 nitrogen and oxygen atoms in total. The first-order chi connectivity index (χ1) is 9.51. The van der Waals surface area contributed by atoms with Crippen LogP contribution in [0.4, 0.5) is 5.69 Å². The van der Waals surface area contributed by atoms with Crippen LogP contribution in [0.1, 0.15) is 17.2 Å². The lowest BCUT2D eigenvalue weighted by Crippen LogP contribution is -2.27. The third-order valence-corrected chi connectivity index (χ3v) is 3.22.